The van der Waals surface area contributed by atoms with Crippen molar-refractivity contribution in [3.8, 4) is 0 Å². The summed E-state index contributed by atoms with van der Waals surface area (Å²) in [5.74, 6) is -2.08. The molecule has 26 heavy (non-hydrogen) atoms. The molecule has 1 aliphatic rings. The predicted octanol–water partition coefficient (Wildman–Crippen LogP) is -1.87. The number of carbonyl (C=O) groups is 4. The topological polar surface area (TPSA) is 140 Å². The number of nitrogens with zero attached hydrogens (tertiary/aromatic N) is 1. The Kier molecular flexibility index (Phi) is 7.97. The lowest BCUT2D eigenvalue weighted by Crippen LogP contribution is -2.53. The zero-order valence-electron chi connectivity index (χ0n) is 15.8. The zero-order chi connectivity index (χ0) is 20.0. The Morgan fingerprint density at radius 2 is 1.81 bits per heavy atom. The molecule has 5 unspecified atom stereocenters. The number of ether oxygens (including phenoxy) is 2. The lowest BCUT2D eigenvalue weighted by atomic mass is 10.1. The lowest BCUT2D eigenvalue weighted by Gasteiger charge is -2.26. The Bertz CT molecular complexity index is 553. The van der Waals surface area contributed by atoms with Crippen LogP contribution in [0.1, 0.15) is 27.2 Å². The summed E-state index contributed by atoms with van der Waals surface area (Å²) in [4.78, 5) is 49.6. The highest BCUT2D eigenvalue weighted by molar-refractivity contribution is 5.93. The van der Waals surface area contributed by atoms with Crippen molar-refractivity contribution in [1.82, 2.24) is 15.5 Å². The lowest BCUT2D eigenvalue weighted by molar-refractivity contribution is -0.157. The minimum Gasteiger partial charge on any atom is -0.451 e. The number of esters is 1. The Morgan fingerprint density at radius 1 is 1.19 bits per heavy atom. The number of hydrogen-bond acceptors (Lipinski definition) is 7. The van der Waals surface area contributed by atoms with Crippen molar-refractivity contribution in [2.24, 2.45) is 5.73 Å². The molecule has 1 aliphatic heterocycles. The minimum absolute atomic E-state index is 0.251. The van der Waals surface area contributed by atoms with Gasteiger partial charge in [0, 0.05) is 27.1 Å². The molecule has 148 valence electrons. The monoisotopic (exact) mass is 372 g/mol. The Hall–Kier alpha value is -2.20. The molecular weight excluding hydrogens is 344 g/mol. The number of nitrogens with one attached hydrogen (secondary N) is 2. The van der Waals surface area contributed by atoms with Gasteiger partial charge in [-0.1, -0.05) is 0 Å². The van der Waals surface area contributed by atoms with Gasteiger partial charge in [0.1, 0.15) is 12.1 Å². The van der Waals surface area contributed by atoms with Gasteiger partial charge < -0.3 is 30.7 Å². The van der Waals surface area contributed by atoms with E-state index in [1.54, 1.807) is 0 Å². The maximum atomic E-state index is 12.5. The van der Waals surface area contributed by atoms with E-state index in [0.29, 0.717) is 6.42 Å². The van der Waals surface area contributed by atoms with Crippen molar-refractivity contribution in [1.29, 1.82) is 0 Å². The van der Waals surface area contributed by atoms with E-state index in [1.807, 2.05) is 0 Å². The van der Waals surface area contributed by atoms with Gasteiger partial charge in [0.15, 0.2) is 6.10 Å². The van der Waals surface area contributed by atoms with E-state index in [4.69, 9.17) is 15.2 Å². The third-order valence-electron chi connectivity index (χ3n) is 4.19. The van der Waals surface area contributed by atoms with Crippen molar-refractivity contribution >= 4 is 23.7 Å². The Balaban J connectivity index is 2.73. The molecule has 3 amide bonds. The predicted molar refractivity (Wildman–Crippen MR) is 91.8 cm³/mol. The molecule has 0 aliphatic carbocycles. The fourth-order valence-corrected chi connectivity index (χ4v) is 2.62. The van der Waals surface area contributed by atoms with E-state index in [-0.39, 0.29) is 18.6 Å². The van der Waals surface area contributed by atoms with Crippen molar-refractivity contribution in [2.45, 2.75) is 57.5 Å². The van der Waals surface area contributed by atoms with Gasteiger partial charge in [-0.3, -0.25) is 14.4 Å². The zero-order valence-corrected chi connectivity index (χ0v) is 15.8. The summed E-state index contributed by atoms with van der Waals surface area (Å²) in [6, 6.07) is -2.52. The van der Waals surface area contributed by atoms with Crippen molar-refractivity contribution < 1.29 is 28.7 Å². The summed E-state index contributed by atoms with van der Waals surface area (Å²) < 4.78 is 10.2. The molecule has 10 nitrogen and oxygen atoms in total. The third-order valence-corrected chi connectivity index (χ3v) is 4.19. The van der Waals surface area contributed by atoms with Gasteiger partial charge >= 0.3 is 5.97 Å². The van der Waals surface area contributed by atoms with Crippen LogP contribution in [0.5, 0.6) is 0 Å². The smallest absolute Gasteiger partial charge is 0.329 e. The quantitative estimate of drug-likeness (QED) is 0.445. The number of likely N-dealkylation sites (N-methyl/N-ethyl adjacent to an activating group) is 1. The number of hydrogen-bond donors (Lipinski definition) is 3. The molecule has 0 aromatic heterocycles. The van der Waals surface area contributed by atoms with E-state index < -0.39 is 42.0 Å². The molecule has 1 rings (SSSR count). The van der Waals surface area contributed by atoms with Crippen LogP contribution in [-0.4, -0.2) is 79.6 Å². The molecule has 1 saturated heterocycles. The molecule has 0 bridgehead atoms. The van der Waals surface area contributed by atoms with Gasteiger partial charge in [-0.25, -0.2) is 4.79 Å². The number of likely N-dealkylation sites (tertiary alicyclic amines) is 1. The van der Waals surface area contributed by atoms with Crippen LogP contribution in [0.3, 0.4) is 0 Å². The molecule has 1 fully saturated rings. The van der Waals surface area contributed by atoms with Crippen LogP contribution < -0.4 is 16.4 Å². The summed E-state index contributed by atoms with van der Waals surface area (Å²) in [5, 5.41) is 4.88. The standard InChI is InChI=1S/C16H28N4O6/c1-8(17)15(23)20-7-11(25-5)6-12(20)14(22)19-9(2)16(24)26-10(3)13(21)18-4/h8-12H,6-7,17H2,1-5H3,(H,18,21)(H,19,22). The number of carbonyl (C=O) groups excluding carboxylic acids is 4. The first-order valence-electron chi connectivity index (χ1n) is 8.43. The maximum Gasteiger partial charge on any atom is 0.329 e. The number of methoxy groups -OCH3 is 1. The summed E-state index contributed by atoms with van der Waals surface area (Å²) >= 11 is 0. The summed E-state index contributed by atoms with van der Waals surface area (Å²) in [6.07, 6.45) is -0.964. The number of rotatable bonds is 7. The van der Waals surface area contributed by atoms with Crippen LogP contribution in [-0.2, 0) is 28.7 Å². The van der Waals surface area contributed by atoms with Crippen molar-refractivity contribution in [3.05, 3.63) is 0 Å². The van der Waals surface area contributed by atoms with Crippen molar-refractivity contribution in [3.63, 3.8) is 0 Å². The average Bonchev–Trinajstić information content (AvgIpc) is 3.04. The van der Waals surface area contributed by atoms with E-state index in [9.17, 15) is 19.2 Å². The fraction of sp³-hybridized carbons (Fsp3) is 0.750. The fourth-order valence-electron chi connectivity index (χ4n) is 2.62. The summed E-state index contributed by atoms with van der Waals surface area (Å²) in [5.41, 5.74) is 5.64. The first kappa shape index (κ1) is 21.8. The molecule has 5 atom stereocenters. The van der Waals surface area contributed by atoms with Gasteiger partial charge in [-0.2, -0.15) is 0 Å². The van der Waals surface area contributed by atoms with Crippen LogP contribution in [0.4, 0.5) is 0 Å². The molecule has 0 spiro atoms. The number of amides is 3. The van der Waals surface area contributed by atoms with Crippen LogP contribution >= 0.6 is 0 Å². The SMILES string of the molecule is CNC(=O)C(C)OC(=O)C(C)NC(=O)C1CC(OC)CN1C(=O)C(C)N. The normalized spacial score (nSPS) is 22.9. The minimum atomic E-state index is -0.983. The molecule has 0 aromatic carbocycles. The second kappa shape index (κ2) is 9.48. The first-order chi connectivity index (χ1) is 12.1. The molecule has 0 saturated carbocycles. The van der Waals surface area contributed by atoms with E-state index in [1.165, 1.54) is 39.8 Å². The van der Waals surface area contributed by atoms with E-state index in [2.05, 4.69) is 10.6 Å². The van der Waals surface area contributed by atoms with E-state index >= 15 is 0 Å². The highest BCUT2D eigenvalue weighted by Crippen LogP contribution is 2.21. The second-order valence-corrected chi connectivity index (χ2v) is 6.31. The molecular formula is C16H28N4O6. The van der Waals surface area contributed by atoms with Gasteiger partial charge in [0.25, 0.3) is 5.91 Å². The van der Waals surface area contributed by atoms with Crippen LogP contribution in [0, 0.1) is 0 Å². The number of nitrogens with two attached hydrogens (primary N) is 1. The van der Waals surface area contributed by atoms with E-state index in [0.717, 1.165) is 0 Å². The summed E-state index contributed by atoms with van der Waals surface area (Å²) in [6.45, 7) is 4.66. The average molecular weight is 372 g/mol. The van der Waals surface area contributed by atoms with Gasteiger partial charge in [-0.05, 0) is 20.8 Å². The van der Waals surface area contributed by atoms with Gasteiger partial charge in [0.2, 0.25) is 11.8 Å². The highest BCUT2D eigenvalue weighted by atomic mass is 16.5. The van der Waals surface area contributed by atoms with Gasteiger partial charge in [0.05, 0.1) is 12.1 Å². The molecule has 0 radical (unpaired) electrons. The highest BCUT2D eigenvalue weighted by Gasteiger charge is 2.41. The van der Waals surface area contributed by atoms with Crippen LogP contribution in [0.2, 0.25) is 0 Å². The molecule has 1 heterocycles. The Morgan fingerprint density at radius 3 is 2.31 bits per heavy atom. The third kappa shape index (κ3) is 5.40. The van der Waals surface area contributed by atoms with Gasteiger partial charge in [-0.15, -0.1) is 0 Å². The van der Waals surface area contributed by atoms with Crippen molar-refractivity contribution in [2.75, 3.05) is 20.7 Å². The molecule has 4 N–H and O–H groups in total. The largest absolute Gasteiger partial charge is 0.451 e. The molecule has 0 aromatic rings. The Labute approximate surface area is 152 Å². The first-order valence-corrected chi connectivity index (χ1v) is 8.43. The summed E-state index contributed by atoms with van der Waals surface area (Å²) in [7, 11) is 2.92. The van der Waals surface area contributed by atoms with Crippen LogP contribution in [0.25, 0.3) is 0 Å². The second-order valence-electron chi connectivity index (χ2n) is 6.31. The van der Waals surface area contributed by atoms with Crippen LogP contribution in [0.15, 0.2) is 0 Å². The molecule has 10 heteroatoms. The maximum absolute atomic E-state index is 12.5.